The minimum absolute atomic E-state index is 0.403. The van der Waals surface area contributed by atoms with E-state index in [9.17, 15) is 5.21 Å². The van der Waals surface area contributed by atoms with E-state index in [2.05, 4.69) is 26.0 Å². The molecule has 0 atom stereocenters. The Hall–Kier alpha value is -0.520. The van der Waals surface area contributed by atoms with E-state index in [0.717, 1.165) is 0 Å². The van der Waals surface area contributed by atoms with Gasteiger partial charge in [-0.3, -0.25) is 0 Å². The minimum atomic E-state index is 0.403. The van der Waals surface area contributed by atoms with Crippen molar-refractivity contribution in [2.75, 3.05) is 25.0 Å². The Morgan fingerprint density at radius 1 is 1.50 bits per heavy atom. The van der Waals surface area contributed by atoms with Crippen LogP contribution in [0.15, 0.2) is 5.28 Å². The van der Waals surface area contributed by atoms with E-state index < -0.39 is 0 Å². The normalized spacial score (nSPS) is 11.4. The average Bonchev–Trinajstić information content (AvgIpc) is 2.07. The zero-order chi connectivity index (χ0) is 9.40. The van der Waals surface area contributed by atoms with Crippen LogP contribution in [0.4, 0.5) is 0 Å². The molecule has 0 fully saturated rings. The molecule has 0 amide bonds. The second kappa shape index (κ2) is 7.15. The van der Waals surface area contributed by atoms with Crippen molar-refractivity contribution in [2.45, 2.75) is 13.8 Å². The smallest absolute Gasteiger partial charge is 0.233 e. The molecule has 0 saturated carbocycles. The molecule has 0 bridgehead atoms. The Morgan fingerprint density at radius 3 is 2.50 bits per heavy atom. The number of halogens is 1. The largest absolute Gasteiger partial charge is 0.569 e. The van der Waals surface area contributed by atoms with Crippen LogP contribution in [0.1, 0.15) is 13.8 Å². The Balaban J connectivity index is 3.79. The molecule has 0 N–H and O–H groups in total. The highest BCUT2D eigenvalue weighted by atomic mass is 79.9. The van der Waals surface area contributed by atoms with Gasteiger partial charge in [-0.15, -0.1) is 5.01 Å². The summed E-state index contributed by atoms with van der Waals surface area (Å²) < 4.78 is 0. The highest BCUT2D eigenvalue weighted by Crippen LogP contribution is 1.90. The molecule has 0 aromatic rings. The molecule has 0 unspecified atom stereocenters. The second-order valence-electron chi connectivity index (χ2n) is 2.00. The third-order valence-electron chi connectivity index (χ3n) is 1.27. The van der Waals surface area contributed by atoms with Gasteiger partial charge in [-0.05, 0) is 13.8 Å². The van der Waals surface area contributed by atoms with E-state index in [0.29, 0.717) is 30.0 Å². The first-order valence-corrected chi connectivity index (χ1v) is 4.99. The molecular formula is C6H14BrN3O2. The van der Waals surface area contributed by atoms with E-state index in [4.69, 9.17) is 0 Å². The van der Waals surface area contributed by atoms with Crippen molar-refractivity contribution in [1.82, 2.24) is 5.01 Å². The van der Waals surface area contributed by atoms with Crippen molar-refractivity contribution in [2.24, 2.45) is 5.28 Å². The number of alkyl halides is 1. The van der Waals surface area contributed by atoms with Crippen LogP contribution >= 0.6 is 15.9 Å². The lowest BCUT2D eigenvalue weighted by Gasteiger charge is -2.12. The fraction of sp³-hybridized carbons (Fsp3) is 1.00. The quantitative estimate of drug-likeness (QED) is 0.232. The maximum Gasteiger partial charge on any atom is 0.233 e. The Bertz CT molecular complexity index is 139. The predicted octanol–water partition coefficient (Wildman–Crippen LogP) is 1.53. The highest BCUT2D eigenvalue weighted by molar-refractivity contribution is 9.09. The van der Waals surface area contributed by atoms with Crippen LogP contribution < -0.4 is 0 Å². The summed E-state index contributed by atoms with van der Waals surface area (Å²) in [5, 5.41) is 16.5. The van der Waals surface area contributed by atoms with Gasteiger partial charge >= 0.3 is 0 Å². The number of hydrogen-bond donors (Lipinski definition) is 0. The highest BCUT2D eigenvalue weighted by Gasteiger charge is 2.05. The third-order valence-corrected chi connectivity index (χ3v) is 1.59. The molecule has 0 heterocycles. The van der Waals surface area contributed by atoms with Gasteiger partial charge in [0.15, 0.2) is 0 Å². The summed E-state index contributed by atoms with van der Waals surface area (Å²) in [7, 11) is 0. The summed E-state index contributed by atoms with van der Waals surface area (Å²) in [6, 6.07) is 0. The summed E-state index contributed by atoms with van der Waals surface area (Å²) in [6.07, 6.45) is 0. The van der Waals surface area contributed by atoms with Gasteiger partial charge in [0.1, 0.15) is 6.61 Å². The third kappa shape index (κ3) is 4.38. The summed E-state index contributed by atoms with van der Waals surface area (Å²) in [4.78, 5) is 5.15. The molecule has 0 aliphatic rings. The molecule has 0 rings (SSSR count). The SMILES string of the molecule is CCN(CC)/[N+]([O-])=N\OCCBr. The lowest BCUT2D eigenvalue weighted by atomic mass is 10.6. The van der Waals surface area contributed by atoms with Crippen LogP contribution in [0.2, 0.25) is 0 Å². The Labute approximate surface area is 80.6 Å². The van der Waals surface area contributed by atoms with Gasteiger partial charge in [0.2, 0.25) is 5.28 Å². The van der Waals surface area contributed by atoms with Crippen LogP contribution in [0.3, 0.4) is 0 Å². The van der Waals surface area contributed by atoms with E-state index in [-0.39, 0.29) is 0 Å². The number of hydrazine groups is 1. The van der Waals surface area contributed by atoms with Gasteiger partial charge in [-0.2, -0.15) is 0 Å². The molecule has 0 saturated heterocycles. The first kappa shape index (κ1) is 11.5. The lowest BCUT2D eigenvalue weighted by molar-refractivity contribution is -0.709. The molecule has 0 radical (unpaired) electrons. The monoisotopic (exact) mass is 239 g/mol. The summed E-state index contributed by atoms with van der Waals surface area (Å²) in [6.45, 7) is 5.42. The first-order chi connectivity index (χ1) is 5.76. The van der Waals surface area contributed by atoms with Crippen molar-refractivity contribution >= 4 is 15.9 Å². The summed E-state index contributed by atoms with van der Waals surface area (Å²) >= 11 is 3.15. The van der Waals surface area contributed by atoms with Crippen molar-refractivity contribution in [3.05, 3.63) is 5.21 Å². The second-order valence-corrected chi connectivity index (χ2v) is 2.79. The maximum atomic E-state index is 11.0. The molecule has 0 aromatic carbocycles. The summed E-state index contributed by atoms with van der Waals surface area (Å²) in [5.74, 6) is 0. The van der Waals surface area contributed by atoms with Gasteiger partial charge in [0, 0.05) is 5.33 Å². The zero-order valence-corrected chi connectivity index (χ0v) is 8.95. The van der Waals surface area contributed by atoms with Gasteiger partial charge in [0.05, 0.1) is 18.1 Å². The van der Waals surface area contributed by atoms with Crippen LogP contribution in [0.5, 0.6) is 0 Å². The predicted molar refractivity (Wildman–Crippen MR) is 48.7 cm³/mol. The lowest BCUT2D eigenvalue weighted by Crippen LogP contribution is -2.30. The standard InChI is InChI=1S/C6H14BrN3O2/c1-3-9(4-2)10(11)8-12-6-5-7/h3-6H2,1-2H3/b10-8+. The topological polar surface area (TPSA) is 50.9 Å². The minimum Gasteiger partial charge on any atom is -0.569 e. The molecule has 5 nitrogen and oxygen atoms in total. The molecule has 0 aromatic heterocycles. The van der Waals surface area contributed by atoms with Gasteiger partial charge in [-0.1, -0.05) is 15.9 Å². The van der Waals surface area contributed by atoms with E-state index in [1.165, 1.54) is 5.01 Å². The van der Waals surface area contributed by atoms with Crippen molar-refractivity contribution in [3.63, 3.8) is 0 Å². The molecule has 0 aliphatic heterocycles. The summed E-state index contributed by atoms with van der Waals surface area (Å²) in [5.41, 5.74) is 0. The average molecular weight is 240 g/mol. The number of nitrogens with zero attached hydrogens (tertiary/aromatic N) is 3. The van der Waals surface area contributed by atoms with E-state index in [1.807, 2.05) is 13.8 Å². The van der Waals surface area contributed by atoms with Crippen LogP contribution in [-0.2, 0) is 4.84 Å². The van der Waals surface area contributed by atoms with Crippen molar-refractivity contribution in [3.8, 4) is 0 Å². The molecular weight excluding hydrogens is 226 g/mol. The fourth-order valence-electron chi connectivity index (χ4n) is 0.642. The van der Waals surface area contributed by atoms with Crippen LogP contribution in [0, 0.1) is 5.21 Å². The molecule has 6 heteroatoms. The van der Waals surface area contributed by atoms with Crippen molar-refractivity contribution in [1.29, 1.82) is 0 Å². The molecule has 12 heavy (non-hydrogen) atoms. The van der Waals surface area contributed by atoms with Gasteiger partial charge in [0.25, 0.3) is 0 Å². The zero-order valence-electron chi connectivity index (χ0n) is 7.36. The van der Waals surface area contributed by atoms with Crippen LogP contribution in [-0.4, -0.2) is 35.0 Å². The first-order valence-electron chi connectivity index (χ1n) is 3.87. The van der Waals surface area contributed by atoms with E-state index in [1.54, 1.807) is 0 Å². The molecule has 0 aliphatic carbocycles. The molecule has 72 valence electrons. The van der Waals surface area contributed by atoms with Crippen LogP contribution in [0.25, 0.3) is 0 Å². The van der Waals surface area contributed by atoms with Gasteiger partial charge in [-0.25, -0.2) is 0 Å². The Morgan fingerprint density at radius 2 is 2.08 bits per heavy atom. The van der Waals surface area contributed by atoms with E-state index >= 15 is 0 Å². The Kier molecular flexibility index (Phi) is 6.84. The van der Waals surface area contributed by atoms with Crippen molar-refractivity contribution < 1.29 is 9.81 Å². The fourth-order valence-corrected chi connectivity index (χ4v) is 0.787. The number of rotatable bonds is 6. The van der Waals surface area contributed by atoms with Gasteiger partial charge < -0.3 is 10.0 Å². The maximum absolute atomic E-state index is 11.0. The number of hydrogen-bond acceptors (Lipinski definition) is 3. The molecule has 0 spiro atoms.